The number of benzene rings is 1. The average molecular weight is 236 g/mol. The van der Waals surface area contributed by atoms with Crippen LogP contribution >= 0.6 is 0 Å². The van der Waals surface area contributed by atoms with E-state index in [1.807, 2.05) is 6.92 Å². The van der Waals surface area contributed by atoms with Crippen LogP contribution in [0.15, 0.2) is 24.3 Å². The summed E-state index contributed by atoms with van der Waals surface area (Å²) in [5.74, 6) is 0.251. The third-order valence-corrected chi connectivity index (χ3v) is 2.61. The largest absolute Gasteiger partial charge is 0.399 e. The maximum atomic E-state index is 11.6. The molecule has 0 heterocycles. The van der Waals surface area contributed by atoms with E-state index in [0.29, 0.717) is 11.6 Å². The van der Waals surface area contributed by atoms with E-state index < -0.39 is 0 Å². The molecule has 1 aromatic rings. The summed E-state index contributed by atoms with van der Waals surface area (Å²) in [4.78, 5) is 11.6. The zero-order valence-corrected chi connectivity index (χ0v) is 10.6. The number of anilines is 2. The summed E-state index contributed by atoms with van der Waals surface area (Å²) in [6, 6.07) is 7.01. The lowest BCUT2D eigenvalue weighted by atomic mass is 10.1. The topological polar surface area (TPSA) is 64.3 Å². The van der Waals surface area contributed by atoms with Crippen molar-refractivity contribution < 1.29 is 9.53 Å². The van der Waals surface area contributed by atoms with Gasteiger partial charge in [0.25, 0.3) is 0 Å². The third-order valence-electron chi connectivity index (χ3n) is 2.61. The van der Waals surface area contributed by atoms with Crippen LogP contribution in [-0.4, -0.2) is 18.6 Å². The van der Waals surface area contributed by atoms with Gasteiger partial charge in [-0.3, -0.25) is 4.79 Å². The molecule has 1 amide bonds. The zero-order chi connectivity index (χ0) is 12.8. The van der Waals surface area contributed by atoms with Gasteiger partial charge in [0.1, 0.15) is 6.61 Å². The number of nitrogens with two attached hydrogens (primary N) is 1. The van der Waals surface area contributed by atoms with E-state index >= 15 is 0 Å². The van der Waals surface area contributed by atoms with Crippen LogP contribution in [0.25, 0.3) is 0 Å². The molecule has 0 aliphatic carbocycles. The number of hydrogen-bond donors (Lipinski definition) is 2. The van der Waals surface area contributed by atoms with Crippen molar-refractivity contribution in [2.75, 3.05) is 17.7 Å². The Hall–Kier alpha value is -1.55. The minimum absolute atomic E-state index is 0.0731. The Bertz CT molecular complexity index is 360. The summed E-state index contributed by atoms with van der Waals surface area (Å²) in [5.41, 5.74) is 6.95. The van der Waals surface area contributed by atoms with Crippen molar-refractivity contribution >= 4 is 17.3 Å². The van der Waals surface area contributed by atoms with Gasteiger partial charge in [0, 0.05) is 11.4 Å². The van der Waals surface area contributed by atoms with E-state index in [9.17, 15) is 4.79 Å². The minimum Gasteiger partial charge on any atom is -0.399 e. The molecule has 0 radical (unpaired) electrons. The molecule has 0 bridgehead atoms. The Balaban J connectivity index is 2.37. The maximum Gasteiger partial charge on any atom is 0.250 e. The number of carbonyl (C=O) groups is 1. The molecule has 0 spiro atoms. The molecular weight excluding hydrogens is 216 g/mol. The molecule has 0 aliphatic rings. The lowest BCUT2D eigenvalue weighted by Gasteiger charge is -2.16. The Morgan fingerprint density at radius 3 is 2.41 bits per heavy atom. The fourth-order valence-corrected chi connectivity index (χ4v) is 1.16. The fraction of sp³-hybridized carbons (Fsp3) is 0.462. The first-order valence-corrected chi connectivity index (χ1v) is 5.76. The normalized spacial score (nSPS) is 12.5. The van der Waals surface area contributed by atoms with Gasteiger partial charge in [-0.1, -0.05) is 13.8 Å². The monoisotopic (exact) mass is 236 g/mol. The highest BCUT2D eigenvalue weighted by atomic mass is 16.5. The molecule has 1 aromatic carbocycles. The number of hydrogen-bond acceptors (Lipinski definition) is 3. The van der Waals surface area contributed by atoms with E-state index in [1.54, 1.807) is 24.3 Å². The molecule has 0 fully saturated rings. The van der Waals surface area contributed by atoms with Gasteiger partial charge >= 0.3 is 0 Å². The molecule has 0 saturated carbocycles. The molecule has 3 N–H and O–H groups in total. The number of carbonyl (C=O) groups excluding carboxylic acids is 1. The van der Waals surface area contributed by atoms with Crippen molar-refractivity contribution in [3.8, 4) is 0 Å². The maximum absolute atomic E-state index is 11.6. The van der Waals surface area contributed by atoms with Crippen molar-refractivity contribution in [3.05, 3.63) is 24.3 Å². The number of nitrogens with one attached hydrogen (secondary N) is 1. The second-order valence-corrected chi connectivity index (χ2v) is 4.43. The Labute approximate surface area is 102 Å². The van der Waals surface area contributed by atoms with Crippen LogP contribution in [0.2, 0.25) is 0 Å². The first-order valence-electron chi connectivity index (χ1n) is 5.76. The predicted molar refractivity (Wildman–Crippen MR) is 69.7 cm³/mol. The van der Waals surface area contributed by atoms with Crippen molar-refractivity contribution in [1.29, 1.82) is 0 Å². The van der Waals surface area contributed by atoms with Gasteiger partial charge in [-0.15, -0.1) is 0 Å². The second kappa shape index (κ2) is 6.25. The molecule has 1 atom stereocenters. The summed E-state index contributed by atoms with van der Waals surface area (Å²) in [7, 11) is 0. The van der Waals surface area contributed by atoms with Crippen molar-refractivity contribution in [3.63, 3.8) is 0 Å². The van der Waals surface area contributed by atoms with Crippen molar-refractivity contribution in [1.82, 2.24) is 0 Å². The molecule has 17 heavy (non-hydrogen) atoms. The number of ether oxygens (including phenoxy) is 1. The van der Waals surface area contributed by atoms with Crippen LogP contribution in [0.3, 0.4) is 0 Å². The average Bonchev–Trinajstić information content (AvgIpc) is 2.29. The van der Waals surface area contributed by atoms with Crippen molar-refractivity contribution in [2.24, 2.45) is 5.92 Å². The number of nitrogen functional groups attached to an aromatic ring is 1. The molecule has 4 nitrogen and oxygen atoms in total. The summed E-state index contributed by atoms with van der Waals surface area (Å²) in [6.07, 6.45) is 0.0761. The SMILES string of the molecule is CC(C)C(C)OCC(=O)Nc1ccc(N)cc1. The molecular formula is C13H20N2O2. The minimum atomic E-state index is -0.151. The first-order chi connectivity index (χ1) is 7.99. The molecule has 0 saturated heterocycles. The van der Waals surface area contributed by atoms with E-state index in [1.165, 1.54) is 0 Å². The van der Waals surface area contributed by atoms with Crippen LogP contribution in [0.4, 0.5) is 11.4 Å². The third kappa shape index (κ3) is 4.87. The Kier molecular flexibility index (Phi) is 4.97. The molecule has 0 aliphatic heterocycles. The second-order valence-electron chi connectivity index (χ2n) is 4.43. The fourth-order valence-electron chi connectivity index (χ4n) is 1.16. The highest BCUT2D eigenvalue weighted by Gasteiger charge is 2.10. The standard InChI is InChI=1S/C13H20N2O2/c1-9(2)10(3)17-8-13(16)15-12-6-4-11(14)5-7-12/h4-7,9-10H,8,14H2,1-3H3,(H,15,16). The summed E-state index contributed by atoms with van der Waals surface area (Å²) >= 11 is 0. The van der Waals surface area contributed by atoms with E-state index in [4.69, 9.17) is 10.5 Å². The van der Waals surface area contributed by atoms with Crippen LogP contribution in [0.1, 0.15) is 20.8 Å². The van der Waals surface area contributed by atoms with Crippen LogP contribution in [0.5, 0.6) is 0 Å². The Morgan fingerprint density at radius 2 is 1.88 bits per heavy atom. The van der Waals surface area contributed by atoms with Gasteiger partial charge in [-0.2, -0.15) is 0 Å². The van der Waals surface area contributed by atoms with E-state index in [-0.39, 0.29) is 18.6 Å². The highest BCUT2D eigenvalue weighted by Crippen LogP contribution is 2.10. The van der Waals surface area contributed by atoms with Gasteiger partial charge in [0.15, 0.2) is 0 Å². The van der Waals surface area contributed by atoms with Crippen LogP contribution < -0.4 is 11.1 Å². The molecule has 1 unspecified atom stereocenters. The summed E-state index contributed by atoms with van der Waals surface area (Å²) in [6.45, 7) is 6.15. The number of rotatable bonds is 5. The summed E-state index contributed by atoms with van der Waals surface area (Å²) < 4.78 is 5.42. The highest BCUT2D eigenvalue weighted by molar-refractivity contribution is 5.91. The smallest absolute Gasteiger partial charge is 0.250 e. The van der Waals surface area contributed by atoms with E-state index in [2.05, 4.69) is 19.2 Å². The lowest BCUT2D eigenvalue weighted by molar-refractivity contribution is -0.123. The number of amides is 1. The lowest BCUT2D eigenvalue weighted by Crippen LogP contribution is -2.24. The van der Waals surface area contributed by atoms with Gasteiger partial charge < -0.3 is 15.8 Å². The van der Waals surface area contributed by atoms with Gasteiger partial charge in [0.2, 0.25) is 5.91 Å². The van der Waals surface area contributed by atoms with Gasteiger partial charge in [-0.05, 0) is 37.1 Å². The molecule has 0 aromatic heterocycles. The summed E-state index contributed by atoms with van der Waals surface area (Å²) in [5, 5.41) is 2.74. The van der Waals surface area contributed by atoms with Crippen LogP contribution in [0, 0.1) is 5.92 Å². The molecule has 94 valence electrons. The molecule has 4 heteroatoms. The van der Waals surface area contributed by atoms with Gasteiger partial charge in [-0.25, -0.2) is 0 Å². The predicted octanol–water partition coefficient (Wildman–Crippen LogP) is 2.27. The van der Waals surface area contributed by atoms with Crippen LogP contribution in [-0.2, 0) is 9.53 Å². The zero-order valence-electron chi connectivity index (χ0n) is 10.6. The quantitative estimate of drug-likeness (QED) is 0.771. The Morgan fingerprint density at radius 1 is 1.29 bits per heavy atom. The van der Waals surface area contributed by atoms with E-state index in [0.717, 1.165) is 5.69 Å². The molecule has 1 rings (SSSR count). The first kappa shape index (κ1) is 13.5. The van der Waals surface area contributed by atoms with Crippen molar-refractivity contribution in [2.45, 2.75) is 26.9 Å². The van der Waals surface area contributed by atoms with Gasteiger partial charge in [0.05, 0.1) is 6.10 Å².